The Morgan fingerprint density at radius 2 is 1.70 bits per heavy atom. The molecule has 0 bridgehead atoms. The number of tetrazole rings is 1. The molecule has 0 spiro atoms. The van der Waals surface area contributed by atoms with Gasteiger partial charge >= 0.3 is 0 Å². The van der Waals surface area contributed by atoms with Crippen LogP contribution in [-0.4, -0.2) is 20.2 Å². The summed E-state index contributed by atoms with van der Waals surface area (Å²) in [6.45, 7) is 3.97. The Morgan fingerprint density at radius 3 is 2.35 bits per heavy atom. The van der Waals surface area contributed by atoms with Gasteiger partial charge in [0.1, 0.15) is 11.6 Å². The molecule has 0 saturated heterocycles. The molecule has 0 aliphatic heterocycles. The summed E-state index contributed by atoms with van der Waals surface area (Å²) < 4.78 is 28.2. The normalized spacial score (nSPS) is 11.0. The molecule has 7 heteroatoms. The minimum Gasteiger partial charge on any atom is -0.207 e. The van der Waals surface area contributed by atoms with Gasteiger partial charge in [-0.15, -0.1) is 5.10 Å². The van der Waals surface area contributed by atoms with E-state index >= 15 is 0 Å². The van der Waals surface area contributed by atoms with Gasteiger partial charge in [0.15, 0.2) is 0 Å². The number of hydrogen-bond donors (Lipinski definition) is 0. The average molecular weight is 332 g/mol. The molecule has 3 aromatic rings. The molecular formula is C16H14F2N4S. The molecule has 0 aliphatic carbocycles. The van der Waals surface area contributed by atoms with Crippen LogP contribution in [0.4, 0.5) is 8.78 Å². The molecule has 0 aliphatic rings. The van der Waals surface area contributed by atoms with Crippen molar-refractivity contribution in [3.63, 3.8) is 0 Å². The SMILES string of the molecule is Cc1cccc(C)c1-n1nnnc1SCc1cc(F)cc(F)c1. The summed E-state index contributed by atoms with van der Waals surface area (Å²) in [5.41, 5.74) is 3.57. The van der Waals surface area contributed by atoms with Crippen molar-refractivity contribution in [3.8, 4) is 5.69 Å². The zero-order chi connectivity index (χ0) is 16.4. The molecule has 2 aromatic carbocycles. The van der Waals surface area contributed by atoms with Gasteiger partial charge in [-0.2, -0.15) is 4.68 Å². The second-order valence-corrected chi connectivity index (χ2v) is 6.12. The number of benzene rings is 2. The molecule has 1 aromatic heterocycles. The second-order valence-electron chi connectivity index (χ2n) is 5.18. The third kappa shape index (κ3) is 3.39. The zero-order valence-corrected chi connectivity index (χ0v) is 13.4. The lowest BCUT2D eigenvalue weighted by Gasteiger charge is -2.10. The fourth-order valence-electron chi connectivity index (χ4n) is 2.39. The first kappa shape index (κ1) is 15.6. The quantitative estimate of drug-likeness (QED) is 0.681. The molecule has 23 heavy (non-hydrogen) atoms. The summed E-state index contributed by atoms with van der Waals surface area (Å²) >= 11 is 1.33. The third-order valence-electron chi connectivity index (χ3n) is 3.38. The number of nitrogens with zero attached hydrogens (tertiary/aromatic N) is 4. The second kappa shape index (κ2) is 6.45. The number of para-hydroxylation sites is 1. The van der Waals surface area contributed by atoms with E-state index in [-0.39, 0.29) is 0 Å². The van der Waals surface area contributed by atoms with Crippen LogP contribution >= 0.6 is 11.8 Å². The molecule has 0 N–H and O–H groups in total. The molecular weight excluding hydrogens is 318 g/mol. The number of aryl methyl sites for hydroxylation is 2. The van der Waals surface area contributed by atoms with Gasteiger partial charge in [-0.25, -0.2) is 8.78 Å². The summed E-state index contributed by atoms with van der Waals surface area (Å²) in [7, 11) is 0. The van der Waals surface area contributed by atoms with Crippen molar-refractivity contribution >= 4 is 11.8 Å². The van der Waals surface area contributed by atoms with Crippen LogP contribution in [0.25, 0.3) is 5.69 Å². The smallest absolute Gasteiger partial charge is 0.207 e. The van der Waals surface area contributed by atoms with E-state index in [0.29, 0.717) is 16.5 Å². The Hall–Kier alpha value is -2.28. The van der Waals surface area contributed by atoms with Crippen molar-refractivity contribution in [2.24, 2.45) is 0 Å². The van der Waals surface area contributed by atoms with Gasteiger partial charge in [0.2, 0.25) is 5.16 Å². The maximum atomic E-state index is 13.2. The summed E-state index contributed by atoms with van der Waals surface area (Å²) in [6, 6.07) is 9.42. The van der Waals surface area contributed by atoms with E-state index in [2.05, 4.69) is 15.5 Å². The van der Waals surface area contributed by atoms with Gasteiger partial charge in [0.05, 0.1) is 5.69 Å². The largest absolute Gasteiger partial charge is 0.214 e. The fraction of sp³-hybridized carbons (Fsp3) is 0.188. The molecule has 0 atom stereocenters. The van der Waals surface area contributed by atoms with Gasteiger partial charge in [0.25, 0.3) is 0 Å². The van der Waals surface area contributed by atoms with Crippen LogP contribution in [-0.2, 0) is 5.75 Å². The van der Waals surface area contributed by atoms with Crippen molar-refractivity contribution in [2.45, 2.75) is 24.8 Å². The third-order valence-corrected chi connectivity index (χ3v) is 4.37. The highest BCUT2D eigenvalue weighted by Crippen LogP contribution is 2.26. The lowest BCUT2D eigenvalue weighted by atomic mass is 10.1. The molecule has 118 valence electrons. The van der Waals surface area contributed by atoms with E-state index in [1.165, 1.54) is 23.9 Å². The minimum atomic E-state index is -0.588. The summed E-state index contributed by atoms with van der Waals surface area (Å²) in [5, 5.41) is 12.4. The highest BCUT2D eigenvalue weighted by atomic mass is 32.2. The number of rotatable bonds is 4. The first-order valence-corrected chi connectivity index (χ1v) is 7.96. The molecule has 4 nitrogen and oxygen atoms in total. The fourth-order valence-corrected chi connectivity index (χ4v) is 3.20. The van der Waals surface area contributed by atoms with E-state index in [9.17, 15) is 8.78 Å². The van der Waals surface area contributed by atoms with Crippen LogP contribution in [0.1, 0.15) is 16.7 Å². The van der Waals surface area contributed by atoms with E-state index in [0.717, 1.165) is 22.9 Å². The van der Waals surface area contributed by atoms with Crippen molar-refractivity contribution in [1.82, 2.24) is 20.2 Å². The molecule has 0 amide bonds. The first-order chi connectivity index (χ1) is 11.0. The van der Waals surface area contributed by atoms with Crippen LogP contribution in [0.15, 0.2) is 41.6 Å². The van der Waals surface area contributed by atoms with Crippen LogP contribution < -0.4 is 0 Å². The summed E-state index contributed by atoms with van der Waals surface area (Å²) in [5.74, 6) is -0.801. The van der Waals surface area contributed by atoms with E-state index in [1.54, 1.807) is 4.68 Å². The summed E-state index contributed by atoms with van der Waals surface area (Å²) in [4.78, 5) is 0. The predicted molar refractivity (Wildman–Crippen MR) is 84.5 cm³/mol. The van der Waals surface area contributed by atoms with E-state index in [1.807, 2.05) is 32.0 Å². The maximum Gasteiger partial charge on any atom is 0.214 e. The molecule has 3 rings (SSSR count). The number of aromatic nitrogens is 4. The van der Waals surface area contributed by atoms with Gasteiger partial charge in [0, 0.05) is 11.8 Å². The highest BCUT2D eigenvalue weighted by Gasteiger charge is 2.13. The molecule has 0 unspecified atom stereocenters. The Labute approximate surface area is 136 Å². The number of hydrogen-bond acceptors (Lipinski definition) is 4. The van der Waals surface area contributed by atoms with Crippen molar-refractivity contribution < 1.29 is 8.78 Å². The topological polar surface area (TPSA) is 43.6 Å². The van der Waals surface area contributed by atoms with Crippen LogP contribution in [0, 0.1) is 25.5 Å². The first-order valence-electron chi connectivity index (χ1n) is 6.97. The van der Waals surface area contributed by atoms with Gasteiger partial charge in [-0.05, 0) is 53.1 Å². The Morgan fingerprint density at radius 1 is 1.04 bits per heavy atom. The average Bonchev–Trinajstić information content (AvgIpc) is 2.92. The maximum absolute atomic E-state index is 13.2. The van der Waals surface area contributed by atoms with Crippen LogP contribution in [0.3, 0.4) is 0 Å². The van der Waals surface area contributed by atoms with E-state index in [4.69, 9.17) is 0 Å². The van der Waals surface area contributed by atoms with Gasteiger partial charge < -0.3 is 0 Å². The van der Waals surface area contributed by atoms with Gasteiger partial charge in [-0.1, -0.05) is 30.0 Å². The minimum absolute atomic E-state index is 0.375. The Kier molecular flexibility index (Phi) is 4.38. The van der Waals surface area contributed by atoms with Crippen molar-refractivity contribution in [3.05, 3.63) is 64.7 Å². The predicted octanol–water partition coefficient (Wildman–Crippen LogP) is 3.85. The van der Waals surface area contributed by atoms with Crippen LogP contribution in [0.2, 0.25) is 0 Å². The van der Waals surface area contributed by atoms with Crippen LogP contribution in [0.5, 0.6) is 0 Å². The highest BCUT2D eigenvalue weighted by molar-refractivity contribution is 7.98. The van der Waals surface area contributed by atoms with E-state index < -0.39 is 11.6 Å². The molecule has 0 saturated carbocycles. The standard InChI is InChI=1S/C16H14F2N4S/c1-10-4-3-5-11(2)15(10)22-16(19-20-21-22)23-9-12-6-13(17)8-14(18)7-12/h3-8H,9H2,1-2H3. The lowest BCUT2D eigenvalue weighted by molar-refractivity contribution is 0.581. The summed E-state index contributed by atoms with van der Waals surface area (Å²) in [6.07, 6.45) is 0. The Bertz CT molecular complexity index is 807. The van der Waals surface area contributed by atoms with Crippen molar-refractivity contribution in [1.29, 1.82) is 0 Å². The van der Waals surface area contributed by atoms with Crippen molar-refractivity contribution in [2.75, 3.05) is 0 Å². The Balaban J connectivity index is 1.87. The molecule has 0 radical (unpaired) electrons. The number of halogens is 2. The number of thioether (sulfide) groups is 1. The monoisotopic (exact) mass is 332 g/mol. The lowest BCUT2D eigenvalue weighted by Crippen LogP contribution is -2.04. The molecule has 0 fully saturated rings. The molecule has 1 heterocycles. The van der Waals surface area contributed by atoms with Gasteiger partial charge in [-0.3, -0.25) is 0 Å². The zero-order valence-electron chi connectivity index (χ0n) is 12.6.